The number of piperazine rings is 1. The van der Waals surface area contributed by atoms with Gasteiger partial charge in [0.25, 0.3) is 0 Å². The highest BCUT2D eigenvalue weighted by molar-refractivity contribution is 7.89. The molecule has 1 atom stereocenters. The summed E-state index contributed by atoms with van der Waals surface area (Å²) >= 11 is 0. The molecule has 0 spiro atoms. The van der Waals surface area contributed by atoms with Crippen molar-refractivity contribution in [3.05, 3.63) is 54.1 Å². The molecule has 2 aromatic carbocycles. The lowest BCUT2D eigenvalue weighted by Gasteiger charge is -2.41. The van der Waals surface area contributed by atoms with Crippen molar-refractivity contribution < 1.29 is 17.9 Å². The second-order valence-electron chi connectivity index (χ2n) is 8.42. The number of hydrogen-bond acceptors (Lipinski definition) is 5. The fourth-order valence-corrected chi connectivity index (χ4v) is 6.21. The Bertz CT molecular complexity index is 1050. The Kier molecular flexibility index (Phi) is 8.26. The average Bonchev–Trinajstić information content (AvgIpc) is 2.84. The van der Waals surface area contributed by atoms with E-state index in [2.05, 4.69) is 4.90 Å². The van der Waals surface area contributed by atoms with Gasteiger partial charge in [0.05, 0.1) is 17.7 Å². The molecule has 0 bridgehead atoms. The summed E-state index contributed by atoms with van der Waals surface area (Å²) in [4.78, 5) is 17.7. The Balaban J connectivity index is 0.00000306. The lowest BCUT2D eigenvalue weighted by atomic mass is 10.0. The van der Waals surface area contributed by atoms with Crippen LogP contribution in [0.15, 0.2) is 53.4 Å². The standard InChI is InChI=1S/C24H31N3O4S.ClH/c1-19-10-12-20(13-11-19)32(29,30)27-14-6-5-8-22(27)24(28)26-17-15-25(16-18-26)21-7-3-4-9-23(21)31-2;/h3-4,7,9-13,22H,5-6,8,14-18H2,1-2H3;1H. The van der Waals surface area contributed by atoms with Crippen LogP contribution in [0.5, 0.6) is 5.75 Å². The minimum Gasteiger partial charge on any atom is -0.495 e. The highest BCUT2D eigenvalue weighted by Crippen LogP contribution is 2.30. The molecule has 7 nitrogen and oxygen atoms in total. The fourth-order valence-electron chi connectivity index (χ4n) is 4.55. The maximum absolute atomic E-state index is 13.4. The Labute approximate surface area is 202 Å². The van der Waals surface area contributed by atoms with E-state index >= 15 is 0 Å². The van der Waals surface area contributed by atoms with Crippen LogP contribution in [0.3, 0.4) is 0 Å². The van der Waals surface area contributed by atoms with E-state index in [1.807, 2.05) is 36.1 Å². The van der Waals surface area contributed by atoms with E-state index < -0.39 is 16.1 Å². The van der Waals surface area contributed by atoms with Crippen molar-refractivity contribution in [3.63, 3.8) is 0 Å². The van der Waals surface area contributed by atoms with Gasteiger partial charge >= 0.3 is 0 Å². The second-order valence-corrected chi connectivity index (χ2v) is 10.3. The number of amides is 1. The zero-order valence-corrected chi connectivity index (χ0v) is 20.8. The number of nitrogens with zero attached hydrogens (tertiary/aromatic N) is 3. The summed E-state index contributed by atoms with van der Waals surface area (Å²) in [6.07, 6.45) is 2.20. The third-order valence-electron chi connectivity index (χ3n) is 6.38. The SMILES string of the molecule is COc1ccccc1N1CCN(C(=O)C2CCCCN2S(=O)(=O)c2ccc(C)cc2)CC1.Cl. The highest BCUT2D eigenvalue weighted by atomic mass is 35.5. The molecule has 2 aliphatic rings. The van der Waals surface area contributed by atoms with Crippen molar-refractivity contribution in [2.24, 2.45) is 0 Å². The number of aryl methyl sites for hydroxylation is 1. The molecule has 9 heteroatoms. The van der Waals surface area contributed by atoms with Crippen LogP contribution >= 0.6 is 12.4 Å². The third kappa shape index (κ3) is 5.28. The molecule has 2 heterocycles. The van der Waals surface area contributed by atoms with Gasteiger partial charge in [-0.1, -0.05) is 36.2 Å². The van der Waals surface area contributed by atoms with Gasteiger partial charge in [-0.25, -0.2) is 8.42 Å². The summed E-state index contributed by atoms with van der Waals surface area (Å²) in [5.41, 5.74) is 2.02. The van der Waals surface area contributed by atoms with Gasteiger partial charge in [-0.05, 0) is 44.0 Å². The number of methoxy groups -OCH3 is 1. The number of sulfonamides is 1. The number of hydrogen-bond donors (Lipinski definition) is 0. The van der Waals surface area contributed by atoms with Crippen molar-refractivity contribution in [2.45, 2.75) is 37.1 Å². The fraction of sp³-hybridized carbons (Fsp3) is 0.458. The van der Waals surface area contributed by atoms with Crippen molar-refractivity contribution in [1.82, 2.24) is 9.21 Å². The number of carbonyl (C=O) groups excluding carboxylic acids is 1. The smallest absolute Gasteiger partial charge is 0.243 e. The van der Waals surface area contributed by atoms with Crippen LogP contribution in [0.2, 0.25) is 0 Å². The lowest BCUT2D eigenvalue weighted by molar-refractivity contribution is -0.136. The number of carbonyl (C=O) groups is 1. The first kappa shape index (κ1) is 25.3. The Morgan fingerprint density at radius 1 is 0.939 bits per heavy atom. The molecule has 180 valence electrons. The summed E-state index contributed by atoms with van der Waals surface area (Å²) in [6, 6.07) is 14.1. The van der Waals surface area contributed by atoms with Gasteiger partial charge < -0.3 is 14.5 Å². The van der Waals surface area contributed by atoms with E-state index in [9.17, 15) is 13.2 Å². The van der Waals surface area contributed by atoms with Crippen molar-refractivity contribution >= 4 is 34.0 Å². The molecule has 4 rings (SSSR count). The van der Waals surface area contributed by atoms with Crippen LogP contribution in [-0.2, 0) is 14.8 Å². The minimum atomic E-state index is -3.72. The van der Waals surface area contributed by atoms with E-state index in [0.29, 0.717) is 39.1 Å². The quantitative estimate of drug-likeness (QED) is 0.639. The van der Waals surface area contributed by atoms with Gasteiger partial charge in [0, 0.05) is 32.7 Å². The van der Waals surface area contributed by atoms with Crippen LogP contribution in [0.1, 0.15) is 24.8 Å². The van der Waals surface area contributed by atoms with Gasteiger partial charge in [-0.2, -0.15) is 4.31 Å². The summed E-state index contributed by atoms with van der Waals surface area (Å²) in [7, 11) is -2.06. The minimum absolute atomic E-state index is 0. The molecule has 0 saturated carbocycles. The lowest BCUT2D eigenvalue weighted by Crippen LogP contribution is -2.57. The number of halogens is 1. The third-order valence-corrected chi connectivity index (χ3v) is 8.31. The number of ether oxygens (including phenoxy) is 1. The van der Waals surface area contributed by atoms with Crippen LogP contribution in [-0.4, -0.2) is 69.4 Å². The second kappa shape index (κ2) is 10.8. The number of piperidine rings is 1. The normalized spacial score (nSPS) is 19.6. The number of anilines is 1. The van der Waals surface area contributed by atoms with Crippen LogP contribution < -0.4 is 9.64 Å². The molecule has 2 aliphatic heterocycles. The first-order valence-corrected chi connectivity index (χ1v) is 12.6. The average molecular weight is 494 g/mol. The monoisotopic (exact) mass is 493 g/mol. The van der Waals surface area contributed by atoms with E-state index in [1.54, 1.807) is 31.4 Å². The maximum Gasteiger partial charge on any atom is 0.243 e. The zero-order valence-electron chi connectivity index (χ0n) is 19.1. The molecule has 2 fully saturated rings. The molecule has 2 aromatic rings. The molecule has 0 N–H and O–H groups in total. The predicted octanol–water partition coefficient (Wildman–Crippen LogP) is 3.32. The summed E-state index contributed by atoms with van der Waals surface area (Å²) in [6.45, 7) is 4.80. The molecule has 2 saturated heterocycles. The van der Waals surface area contributed by atoms with E-state index in [0.717, 1.165) is 29.8 Å². The predicted molar refractivity (Wildman–Crippen MR) is 132 cm³/mol. The Morgan fingerprint density at radius 2 is 1.61 bits per heavy atom. The highest BCUT2D eigenvalue weighted by Gasteiger charge is 2.40. The molecule has 0 aromatic heterocycles. The van der Waals surface area contributed by atoms with Crippen LogP contribution in [0.4, 0.5) is 5.69 Å². The largest absolute Gasteiger partial charge is 0.495 e. The van der Waals surface area contributed by atoms with Crippen LogP contribution in [0.25, 0.3) is 0 Å². The maximum atomic E-state index is 13.4. The number of benzene rings is 2. The van der Waals surface area contributed by atoms with Crippen molar-refractivity contribution in [1.29, 1.82) is 0 Å². The molecule has 0 aliphatic carbocycles. The molecule has 1 unspecified atom stereocenters. The molecule has 0 radical (unpaired) electrons. The molecular weight excluding hydrogens is 462 g/mol. The van der Waals surface area contributed by atoms with Gasteiger partial charge in [0.2, 0.25) is 15.9 Å². The summed E-state index contributed by atoms with van der Waals surface area (Å²) in [5.74, 6) is 0.731. The Hall–Kier alpha value is -2.29. The first-order valence-electron chi connectivity index (χ1n) is 11.2. The van der Waals surface area contributed by atoms with E-state index in [4.69, 9.17) is 4.74 Å². The van der Waals surface area contributed by atoms with Crippen LogP contribution in [0, 0.1) is 6.92 Å². The van der Waals surface area contributed by atoms with E-state index in [-0.39, 0.29) is 23.2 Å². The van der Waals surface area contributed by atoms with Crippen molar-refractivity contribution in [2.75, 3.05) is 44.7 Å². The van der Waals surface area contributed by atoms with Gasteiger partial charge in [0.1, 0.15) is 11.8 Å². The molecule has 33 heavy (non-hydrogen) atoms. The van der Waals surface area contributed by atoms with Gasteiger partial charge in [0.15, 0.2) is 0 Å². The summed E-state index contributed by atoms with van der Waals surface area (Å²) < 4.78 is 33.6. The number of para-hydroxylation sites is 2. The molecule has 1 amide bonds. The zero-order chi connectivity index (χ0) is 22.7. The number of rotatable bonds is 5. The first-order chi connectivity index (χ1) is 15.4. The van der Waals surface area contributed by atoms with Gasteiger partial charge in [-0.3, -0.25) is 4.79 Å². The topological polar surface area (TPSA) is 70.2 Å². The Morgan fingerprint density at radius 3 is 2.27 bits per heavy atom. The van der Waals surface area contributed by atoms with Crippen molar-refractivity contribution in [3.8, 4) is 5.75 Å². The summed E-state index contributed by atoms with van der Waals surface area (Å²) in [5, 5.41) is 0. The molecular formula is C24H32ClN3O4S. The van der Waals surface area contributed by atoms with E-state index in [1.165, 1.54) is 4.31 Å². The van der Waals surface area contributed by atoms with Gasteiger partial charge in [-0.15, -0.1) is 12.4 Å².